The molecule has 1 aromatic heterocycles. The lowest BCUT2D eigenvalue weighted by Crippen LogP contribution is -2.09. The van der Waals surface area contributed by atoms with Crippen LogP contribution in [0.1, 0.15) is 5.69 Å². The highest BCUT2D eigenvalue weighted by Gasteiger charge is 2.33. The highest BCUT2D eigenvalue weighted by molar-refractivity contribution is 5.72. The minimum atomic E-state index is -4.70. The van der Waals surface area contributed by atoms with Crippen molar-refractivity contribution in [2.75, 3.05) is 11.1 Å². The van der Waals surface area contributed by atoms with E-state index < -0.39 is 29.3 Å². The van der Waals surface area contributed by atoms with Crippen molar-refractivity contribution in [1.82, 2.24) is 4.98 Å². The van der Waals surface area contributed by atoms with E-state index >= 15 is 0 Å². The summed E-state index contributed by atoms with van der Waals surface area (Å²) < 4.78 is 76.4. The fourth-order valence-corrected chi connectivity index (χ4v) is 1.51. The van der Waals surface area contributed by atoms with E-state index in [2.05, 4.69) is 10.3 Å². The van der Waals surface area contributed by atoms with Crippen molar-refractivity contribution >= 4 is 17.1 Å². The summed E-state index contributed by atoms with van der Waals surface area (Å²) in [6.07, 6.45) is -3.95. The molecule has 1 heterocycles. The minimum Gasteiger partial charge on any atom is -0.396 e. The van der Waals surface area contributed by atoms with Gasteiger partial charge in [-0.05, 0) is 6.07 Å². The van der Waals surface area contributed by atoms with Crippen LogP contribution in [-0.4, -0.2) is 4.98 Å². The molecule has 2 rings (SSSR count). The first-order chi connectivity index (χ1) is 9.68. The fourth-order valence-electron chi connectivity index (χ4n) is 1.51. The van der Waals surface area contributed by atoms with Gasteiger partial charge in [-0.2, -0.15) is 13.2 Å². The number of anilines is 3. The first-order valence-electron chi connectivity index (χ1n) is 5.43. The van der Waals surface area contributed by atoms with Crippen molar-refractivity contribution in [2.45, 2.75) is 6.18 Å². The van der Waals surface area contributed by atoms with Crippen LogP contribution >= 0.6 is 0 Å². The molecule has 0 amide bonds. The third kappa shape index (κ3) is 3.18. The number of benzene rings is 1. The molecule has 0 unspecified atom stereocenters. The molecule has 0 aliphatic rings. The minimum absolute atomic E-state index is 0.173. The number of alkyl halides is 3. The van der Waals surface area contributed by atoms with E-state index in [0.29, 0.717) is 18.2 Å². The topological polar surface area (TPSA) is 50.9 Å². The molecule has 3 nitrogen and oxygen atoms in total. The lowest BCUT2D eigenvalue weighted by Gasteiger charge is -2.12. The number of hydrogen-bond acceptors (Lipinski definition) is 3. The molecule has 0 aliphatic heterocycles. The zero-order chi connectivity index (χ0) is 15.8. The molecule has 112 valence electrons. The van der Waals surface area contributed by atoms with Gasteiger partial charge >= 0.3 is 6.18 Å². The highest BCUT2D eigenvalue weighted by atomic mass is 19.4. The molecule has 2 aromatic rings. The van der Waals surface area contributed by atoms with Crippen LogP contribution < -0.4 is 11.1 Å². The molecule has 0 aliphatic carbocycles. The number of nitrogens with one attached hydrogen (secondary N) is 1. The molecule has 0 saturated carbocycles. The number of nitrogens with zero attached hydrogens (tertiary/aromatic N) is 1. The van der Waals surface area contributed by atoms with Gasteiger partial charge in [0.15, 0.2) is 17.5 Å². The van der Waals surface area contributed by atoms with Crippen molar-refractivity contribution in [2.24, 2.45) is 0 Å². The van der Waals surface area contributed by atoms with Gasteiger partial charge in [0.25, 0.3) is 0 Å². The zero-order valence-corrected chi connectivity index (χ0v) is 10.1. The van der Waals surface area contributed by atoms with Gasteiger partial charge in [-0.3, -0.25) is 0 Å². The van der Waals surface area contributed by atoms with E-state index in [0.717, 1.165) is 6.20 Å². The second kappa shape index (κ2) is 5.15. The Hall–Kier alpha value is -2.45. The summed E-state index contributed by atoms with van der Waals surface area (Å²) in [5, 5.41) is 2.28. The smallest absolute Gasteiger partial charge is 0.396 e. The summed E-state index contributed by atoms with van der Waals surface area (Å²) in [5.41, 5.74) is 3.47. The molecule has 3 N–H and O–H groups in total. The molecule has 0 bridgehead atoms. The Kier molecular flexibility index (Phi) is 3.67. The summed E-state index contributed by atoms with van der Waals surface area (Å²) in [6, 6.07) is 1.76. The molecule has 9 heteroatoms. The zero-order valence-electron chi connectivity index (χ0n) is 10.1. The third-order valence-corrected chi connectivity index (χ3v) is 2.49. The summed E-state index contributed by atoms with van der Waals surface area (Å²) in [4.78, 5) is 3.10. The monoisotopic (exact) mass is 307 g/mol. The lowest BCUT2D eigenvalue weighted by molar-refractivity contribution is -0.141. The van der Waals surface area contributed by atoms with Crippen LogP contribution in [0.5, 0.6) is 0 Å². The number of halogens is 6. The molecule has 0 radical (unpaired) electrons. The Morgan fingerprint density at radius 3 is 2.10 bits per heavy atom. The number of pyridine rings is 1. The van der Waals surface area contributed by atoms with Crippen LogP contribution in [0.25, 0.3) is 0 Å². The third-order valence-electron chi connectivity index (χ3n) is 2.49. The van der Waals surface area contributed by atoms with Gasteiger partial charge in [0.2, 0.25) is 0 Å². The van der Waals surface area contributed by atoms with Crippen molar-refractivity contribution in [3.8, 4) is 0 Å². The van der Waals surface area contributed by atoms with Crippen LogP contribution in [-0.2, 0) is 6.18 Å². The molecule has 0 spiro atoms. The van der Waals surface area contributed by atoms with E-state index in [4.69, 9.17) is 5.73 Å². The maximum Gasteiger partial charge on any atom is 0.433 e. The second-order valence-corrected chi connectivity index (χ2v) is 4.03. The largest absolute Gasteiger partial charge is 0.433 e. The maximum absolute atomic E-state index is 13.0. The van der Waals surface area contributed by atoms with Crippen LogP contribution in [0, 0.1) is 17.5 Å². The van der Waals surface area contributed by atoms with Crippen LogP contribution in [0.15, 0.2) is 24.4 Å². The fraction of sp³-hybridized carbons (Fsp3) is 0.0833. The van der Waals surface area contributed by atoms with Crippen molar-refractivity contribution in [3.63, 3.8) is 0 Å². The summed E-state index contributed by atoms with van der Waals surface area (Å²) in [5.74, 6) is -4.65. The second-order valence-electron chi connectivity index (χ2n) is 4.03. The Balaban J connectivity index is 2.40. The van der Waals surface area contributed by atoms with Gasteiger partial charge < -0.3 is 11.1 Å². The summed E-state index contributed by atoms with van der Waals surface area (Å²) >= 11 is 0. The first-order valence-corrected chi connectivity index (χ1v) is 5.43. The van der Waals surface area contributed by atoms with Crippen molar-refractivity contribution in [1.29, 1.82) is 0 Å². The molecule has 0 atom stereocenters. The lowest BCUT2D eigenvalue weighted by atomic mass is 10.2. The number of hydrogen-bond donors (Lipinski definition) is 2. The van der Waals surface area contributed by atoms with Crippen LogP contribution in [0.2, 0.25) is 0 Å². The van der Waals surface area contributed by atoms with E-state index in [9.17, 15) is 26.3 Å². The van der Waals surface area contributed by atoms with Gasteiger partial charge in [0.1, 0.15) is 5.69 Å². The Morgan fingerprint density at radius 2 is 1.57 bits per heavy atom. The molecule has 0 saturated heterocycles. The Labute approximate surface area is 114 Å². The quantitative estimate of drug-likeness (QED) is 0.654. The van der Waals surface area contributed by atoms with E-state index in [1.54, 1.807) is 0 Å². The van der Waals surface area contributed by atoms with Gasteiger partial charge in [-0.1, -0.05) is 0 Å². The number of nitrogens with two attached hydrogens (primary N) is 1. The highest BCUT2D eigenvalue weighted by Crippen LogP contribution is 2.32. The van der Waals surface area contributed by atoms with Gasteiger partial charge in [0.05, 0.1) is 17.6 Å². The molecule has 21 heavy (non-hydrogen) atoms. The van der Waals surface area contributed by atoms with Crippen molar-refractivity contribution in [3.05, 3.63) is 47.5 Å². The molecule has 0 fully saturated rings. The Bertz CT molecular complexity index is 660. The normalized spacial score (nSPS) is 11.5. The summed E-state index contributed by atoms with van der Waals surface area (Å²) in [7, 11) is 0. The first kappa shape index (κ1) is 14.9. The van der Waals surface area contributed by atoms with Crippen LogP contribution in [0.3, 0.4) is 0 Å². The molecular weight excluding hydrogens is 300 g/mol. The van der Waals surface area contributed by atoms with Gasteiger partial charge in [-0.25, -0.2) is 18.2 Å². The number of aromatic nitrogens is 1. The predicted molar refractivity (Wildman–Crippen MR) is 63.3 cm³/mol. The number of rotatable bonds is 2. The SMILES string of the molecule is Nc1cnc(C(F)(F)F)cc1Nc1cc(F)c(F)c(F)c1. The predicted octanol–water partition coefficient (Wildman–Crippen LogP) is 3.84. The average Bonchev–Trinajstić information content (AvgIpc) is 2.37. The summed E-state index contributed by atoms with van der Waals surface area (Å²) in [6.45, 7) is 0. The molecule has 1 aromatic carbocycles. The standard InChI is InChI=1S/C12H7F6N3/c13-6-1-5(2-7(14)11(6)15)21-9-3-10(12(16,17)18)20-4-8(9)19/h1-4H,19H2,(H,20,21). The molecular formula is C12H7F6N3. The van der Waals surface area contributed by atoms with E-state index in [1.807, 2.05) is 0 Å². The average molecular weight is 307 g/mol. The Morgan fingerprint density at radius 1 is 1.00 bits per heavy atom. The van der Waals surface area contributed by atoms with Gasteiger partial charge in [-0.15, -0.1) is 0 Å². The van der Waals surface area contributed by atoms with E-state index in [-0.39, 0.29) is 17.1 Å². The number of nitrogen functional groups attached to an aromatic ring is 1. The maximum atomic E-state index is 13.0. The van der Waals surface area contributed by atoms with Crippen LogP contribution in [0.4, 0.5) is 43.4 Å². The van der Waals surface area contributed by atoms with E-state index in [1.165, 1.54) is 0 Å². The van der Waals surface area contributed by atoms with Gasteiger partial charge in [0, 0.05) is 17.8 Å². The van der Waals surface area contributed by atoms with Crippen molar-refractivity contribution < 1.29 is 26.3 Å².